The van der Waals surface area contributed by atoms with Crippen LogP contribution < -0.4 is 9.84 Å². The lowest BCUT2D eigenvalue weighted by molar-refractivity contribution is -0.305. The zero-order valence-electron chi connectivity index (χ0n) is 7.28. The fraction of sp³-hybridized carbons (Fsp3) is 0.500. The predicted octanol–water partition coefficient (Wildman–Crippen LogP) is -0.244. The first kappa shape index (κ1) is 9.57. The molecule has 0 amide bonds. The molecule has 5 nitrogen and oxygen atoms in total. The molecule has 0 saturated carbocycles. The van der Waals surface area contributed by atoms with Crippen molar-refractivity contribution in [2.45, 2.75) is 19.8 Å². The molecule has 0 aliphatic rings. The number of aliphatic carboxylic acids is 1. The fourth-order valence-corrected chi connectivity index (χ4v) is 0.853. The van der Waals surface area contributed by atoms with Crippen molar-refractivity contribution in [1.29, 1.82) is 0 Å². The highest BCUT2D eigenvalue weighted by atomic mass is 16.5. The summed E-state index contributed by atoms with van der Waals surface area (Å²) in [5.41, 5.74) is 0. The van der Waals surface area contributed by atoms with Crippen LogP contribution in [0.4, 0.5) is 0 Å². The second kappa shape index (κ2) is 4.49. The van der Waals surface area contributed by atoms with Crippen molar-refractivity contribution >= 4 is 5.97 Å². The molecule has 0 aliphatic heterocycles. The summed E-state index contributed by atoms with van der Waals surface area (Å²) in [5.74, 6) is -0.224. The van der Waals surface area contributed by atoms with Gasteiger partial charge in [-0.15, -0.1) is 0 Å². The maximum atomic E-state index is 10.1. The molecule has 72 valence electrons. The third-order valence-corrected chi connectivity index (χ3v) is 1.41. The first-order valence-electron chi connectivity index (χ1n) is 4.00. The van der Waals surface area contributed by atoms with Gasteiger partial charge in [-0.2, -0.15) is 0 Å². The molecule has 0 radical (unpaired) electrons. The number of rotatable bonds is 5. The van der Waals surface area contributed by atoms with E-state index in [2.05, 4.69) is 5.16 Å². The molecule has 0 N–H and O–H groups in total. The number of carbonyl (C=O) groups is 1. The molecule has 0 fully saturated rings. The van der Waals surface area contributed by atoms with Crippen molar-refractivity contribution in [2.75, 3.05) is 6.61 Å². The van der Waals surface area contributed by atoms with Crippen LogP contribution in [0.25, 0.3) is 0 Å². The van der Waals surface area contributed by atoms with Gasteiger partial charge < -0.3 is 19.2 Å². The van der Waals surface area contributed by atoms with Gasteiger partial charge in [0.25, 0.3) is 5.88 Å². The maximum absolute atomic E-state index is 10.1. The van der Waals surface area contributed by atoms with Crippen molar-refractivity contribution in [1.82, 2.24) is 5.16 Å². The second-order valence-corrected chi connectivity index (χ2v) is 2.44. The number of hydrogen-bond donors (Lipinski definition) is 0. The summed E-state index contributed by atoms with van der Waals surface area (Å²) in [7, 11) is 0. The minimum atomic E-state index is -1.10. The van der Waals surface area contributed by atoms with Gasteiger partial charge in [-0.1, -0.05) is 0 Å². The molecule has 1 heterocycles. The predicted molar refractivity (Wildman–Crippen MR) is 41.0 cm³/mol. The van der Waals surface area contributed by atoms with Crippen molar-refractivity contribution in [3.05, 3.63) is 11.8 Å². The second-order valence-electron chi connectivity index (χ2n) is 2.44. The molecular formula is C8H10NO4-. The lowest BCUT2D eigenvalue weighted by Crippen LogP contribution is -2.22. The van der Waals surface area contributed by atoms with Gasteiger partial charge in [0.2, 0.25) is 0 Å². The molecular weight excluding hydrogens is 174 g/mol. The van der Waals surface area contributed by atoms with Crippen molar-refractivity contribution in [3.8, 4) is 5.88 Å². The lowest BCUT2D eigenvalue weighted by Gasteiger charge is -1.96. The number of hydrogen-bond acceptors (Lipinski definition) is 5. The number of carboxylic acid groups (broad SMARTS) is 1. The molecule has 0 bridgehead atoms. The Kier molecular flexibility index (Phi) is 3.31. The Balaban J connectivity index is 2.44. The quantitative estimate of drug-likeness (QED) is 0.631. The molecule has 0 saturated heterocycles. The van der Waals surface area contributed by atoms with E-state index in [4.69, 9.17) is 9.26 Å². The average molecular weight is 184 g/mol. The van der Waals surface area contributed by atoms with Crippen LogP contribution in [-0.4, -0.2) is 17.7 Å². The van der Waals surface area contributed by atoms with Crippen LogP contribution in [0.15, 0.2) is 10.6 Å². The van der Waals surface area contributed by atoms with Crippen LogP contribution in [0, 0.1) is 0 Å². The first-order valence-corrected chi connectivity index (χ1v) is 4.00. The summed E-state index contributed by atoms with van der Waals surface area (Å²) >= 11 is 0. The Morgan fingerprint density at radius 3 is 3.15 bits per heavy atom. The first-order chi connectivity index (χ1) is 6.22. The summed E-state index contributed by atoms with van der Waals surface area (Å²) in [6, 6.07) is 1.58. The molecule has 1 rings (SSSR count). The van der Waals surface area contributed by atoms with Gasteiger partial charge >= 0.3 is 0 Å². The highest BCUT2D eigenvalue weighted by Gasteiger charge is 2.03. The molecule has 0 unspecified atom stereocenters. The summed E-state index contributed by atoms with van der Waals surface area (Å²) in [5, 5.41) is 13.7. The minimum absolute atomic E-state index is 0.0687. The van der Waals surface area contributed by atoms with Crippen LogP contribution in [0.5, 0.6) is 5.88 Å². The Morgan fingerprint density at radius 1 is 1.77 bits per heavy atom. The Hall–Kier alpha value is -1.52. The number of aromatic nitrogens is 1. The molecule has 0 aromatic carbocycles. The molecule has 1 aromatic heterocycles. The summed E-state index contributed by atoms with van der Waals surface area (Å²) in [4.78, 5) is 10.1. The number of aryl methyl sites for hydroxylation is 1. The van der Waals surface area contributed by atoms with Crippen LogP contribution in [-0.2, 0) is 11.2 Å². The number of ether oxygens (including phenoxy) is 1. The standard InChI is InChI=1S/C8H11NO4/c1-2-12-7-5-6(13-9-7)3-4-8(10)11/h5H,2-4H2,1H3,(H,10,11)/p-1. The number of carboxylic acids is 1. The molecule has 0 aliphatic carbocycles. The van der Waals surface area contributed by atoms with Crippen molar-refractivity contribution < 1.29 is 19.2 Å². The van der Waals surface area contributed by atoms with E-state index in [0.29, 0.717) is 18.2 Å². The monoisotopic (exact) mass is 184 g/mol. The SMILES string of the molecule is CCOc1cc(CCC(=O)[O-])on1. The highest BCUT2D eigenvalue weighted by Crippen LogP contribution is 2.12. The zero-order valence-corrected chi connectivity index (χ0v) is 7.28. The van der Waals surface area contributed by atoms with Crippen LogP contribution in [0.3, 0.4) is 0 Å². The number of nitrogens with zero attached hydrogens (tertiary/aromatic N) is 1. The Labute approximate surface area is 75.3 Å². The fourth-order valence-electron chi connectivity index (χ4n) is 0.853. The van der Waals surface area contributed by atoms with Gasteiger partial charge in [0.15, 0.2) is 0 Å². The van der Waals surface area contributed by atoms with Crippen LogP contribution in [0.2, 0.25) is 0 Å². The van der Waals surface area contributed by atoms with E-state index in [1.54, 1.807) is 6.07 Å². The average Bonchev–Trinajstić information content (AvgIpc) is 2.50. The van der Waals surface area contributed by atoms with E-state index in [1.807, 2.05) is 6.92 Å². The van der Waals surface area contributed by atoms with E-state index in [-0.39, 0.29) is 12.8 Å². The van der Waals surface area contributed by atoms with E-state index in [9.17, 15) is 9.90 Å². The highest BCUT2D eigenvalue weighted by molar-refractivity contribution is 5.64. The molecule has 0 atom stereocenters. The summed E-state index contributed by atoms with van der Waals surface area (Å²) in [6.07, 6.45) is 0.211. The molecule has 0 spiro atoms. The minimum Gasteiger partial charge on any atom is -0.550 e. The van der Waals surface area contributed by atoms with Gasteiger partial charge in [0.05, 0.1) is 6.61 Å². The van der Waals surface area contributed by atoms with Gasteiger partial charge in [0, 0.05) is 18.5 Å². The molecule has 5 heteroatoms. The van der Waals surface area contributed by atoms with Gasteiger partial charge in [-0.25, -0.2) is 0 Å². The Morgan fingerprint density at radius 2 is 2.54 bits per heavy atom. The van der Waals surface area contributed by atoms with Gasteiger partial charge in [0.1, 0.15) is 5.76 Å². The van der Waals surface area contributed by atoms with E-state index in [0.717, 1.165) is 0 Å². The van der Waals surface area contributed by atoms with Crippen molar-refractivity contribution in [2.24, 2.45) is 0 Å². The number of carbonyl (C=O) groups excluding carboxylic acids is 1. The van der Waals surface area contributed by atoms with Gasteiger partial charge in [-0.3, -0.25) is 0 Å². The lowest BCUT2D eigenvalue weighted by atomic mass is 10.2. The maximum Gasteiger partial charge on any atom is 0.254 e. The third kappa shape index (κ3) is 3.14. The molecule has 13 heavy (non-hydrogen) atoms. The van der Waals surface area contributed by atoms with Crippen LogP contribution >= 0.6 is 0 Å². The zero-order chi connectivity index (χ0) is 9.68. The van der Waals surface area contributed by atoms with Crippen LogP contribution in [0.1, 0.15) is 19.1 Å². The van der Waals surface area contributed by atoms with Crippen molar-refractivity contribution in [3.63, 3.8) is 0 Å². The normalized spacial score (nSPS) is 9.92. The topological polar surface area (TPSA) is 75.4 Å². The summed E-state index contributed by atoms with van der Waals surface area (Å²) in [6.45, 7) is 2.34. The Bertz CT molecular complexity index is 281. The van der Waals surface area contributed by atoms with E-state index < -0.39 is 5.97 Å². The van der Waals surface area contributed by atoms with E-state index >= 15 is 0 Å². The smallest absolute Gasteiger partial charge is 0.254 e. The van der Waals surface area contributed by atoms with Gasteiger partial charge in [-0.05, 0) is 18.5 Å². The summed E-state index contributed by atoms with van der Waals surface area (Å²) < 4.78 is 9.83. The van der Waals surface area contributed by atoms with E-state index in [1.165, 1.54) is 0 Å². The third-order valence-electron chi connectivity index (χ3n) is 1.41. The largest absolute Gasteiger partial charge is 0.550 e. The molecule has 1 aromatic rings.